The van der Waals surface area contributed by atoms with E-state index in [1.165, 1.54) is 11.4 Å². The fourth-order valence-corrected chi connectivity index (χ4v) is 4.60. The summed E-state index contributed by atoms with van der Waals surface area (Å²) in [6, 6.07) is 16.9. The van der Waals surface area contributed by atoms with Crippen LogP contribution < -0.4 is 10.2 Å². The van der Waals surface area contributed by atoms with Crippen LogP contribution in [0.15, 0.2) is 53.0 Å². The summed E-state index contributed by atoms with van der Waals surface area (Å²) in [4.78, 5) is 20.6. The molecule has 0 atom stereocenters. The molecule has 5 nitrogen and oxygen atoms in total. The number of nitrogens with one attached hydrogen (secondary N) is 2. The van der Waals surface area contributed by atoms with E-state index in [1.54, 1.807) is 0 Å². The van der Waals surface area contributed by atoms with Crippen LogP contribution in [-0.2, 0) is 0 Å². The first kappa shape index (κ1) is 16.7. The molecule has 138 valence electrons. The van der Waals surface area contributed by atoms with Gasteiger partial charge in [-0.2, -0.15) is 0 Å². The van der Waals surface area contributed by atoms with Gasteiger partial charge in [-0.1, -0.05) is 28.1 Å². The van der Waals surface area contributed by atoms with Crippen molar-refractivity contribution < 1.29 is 4.79 Å². The molecule has 27 heavy (non-hydrogen) atoms. The summed E-state index contributed by atoms with van der Waals surface area (Å²) in [6.07, 6.45) is 1.99. The normalized spacial score (nSPS) is 17.2. The lowest BCUT2D eigenvalue weighted by Crippen LogP contribution is -2.46. The van der Waals surface area contributed by atoms with Crippen molar-refractivity contribution in [3.63, 3.8) is 0 Å². The minimum Gasteiger partial charge on any atom is -0.366 e. The average Bonchev–Trinajstić information content (AvgIpc) is 3.31. The highest BCUT2D eigenvalue weighted by atomic mass is 79.9. The number of hydrogen-bond acceptors (Lipinski definition) is 3. The van der Waals surface area contributed by atoms with Crippen molar-refractivity contribution in [2.45, 2.75) is 18.9 Å². The van der Waals surface area contributed by atoms with Gasteiger partial charge < -0.3 is 20.1 Å². The van der Waals surface area contributed by atoms with Crippen molar-refractivity contribution in [3.8, 4) is 0 Å². The van der Waals surface area contributed by atoms with Crippen LogP contribution >= 0.6 is 15.9 Å². The van der Waals surface area contributed by atoms with Gasteiger partial charge in [0.05, 0.1) is 18.0 Å². The van der Waals surface area contributed by atoms with E-state index in [4.69, 9.17) is 0 Å². The maximum atomic E-state index is 12.9. The molecule has 2 aliphatic heterocycles. The number of halogens is 1. The van der Waals surface area contributed by atoms with Crippen LogP contribution in [0.4, 0.5) is 11.4 Å². The zero-order valence-electron chi connectivity index (χ0n) is 14.9. The van der Waals surface area contributed by atoms with Gasteiger partial charge in [-0.3, -0.25) is 4.79 Å². The van der Waals surface area contributed by atoms with Gasteiger partial charge in [0.1, 0.15) is 5.69 Å². The zero-order valence-corrected chi connectivity index (χ0v) is 16.5. The number of likely N-dealkylation sites (tertiary alicyclic amines) is 1. The molecule has 1 amide bonds. The van der Waals surface area contributed by atoms with E-state index in [0.29, 0.717) is 11.7 Å². The van der Waals surface area contributed by atoms with Gasteiger partial charge in [-0.15, -0.1) is 0 Å². The molecule has 1 aromatic heterocycles. The topological polar surface area (TPSA) is 51.4 Å². The molecular weight excluding hydrogens is 404 g/mol. The highest BCUT2D eigenvalue weighted by Crippen LogP contribution is 2.34. The van der Waals surface area contributed by atoms with Crippen LogP contribution in [0.2, 0.25) is 0 Å². The van der Waals surface area contributed by atoms with Crippen molar-refractivity contribution in [1.29, 1.82) is 0 Å². The maximum Gasteiger partial charge on any atom is 0.270 e. The number of piperidine rings is 1. The predicted molar refractivity (Wildman–Crippen MR) is 112 cm³/mol. The second-order valence-corrected chi connectivity index (χ2v) is 8.18. The highest BCUT2D eigenvalue weighted by Gasteiger charge is 2.31. The quantitative estimate of drug-likeness (QED) is 0.639. The summed E-state index contributed by atoms with van der Waals surface area (Å²) in [5.74, 6) is 0.0979. The van der Waals surface area contributed by atoms with Crippen LogP contribution in [-0.4, -0.2) is 41.6 Å². The summed E-state index contributed by atoms with van der Waals surface area (Å²) < 4.78 is 1.02. The number of carbonyl (C=O) groups is 1. The number of fused-ring (bicyclic) bond motifs is 2. The number of amides is 1. The number of aromatic nitrogens is 1. The first-order valence-electron chi connectivity index (χ1n) is 9.36. The minimum absolute atomic E-state index is 0.0979. The van der Waals surface area contributed by atoms with Crippen LogP contribution in [0, 0.1) is 0 Å². The Labute approximate surface area is 166 Å². The summed E-state index contributed by atoms with van der Waals surface area (Å²) in [5.41, 5.74) is 4.16. The zero-order chi connectivity index (χ0) is 18.4. The molecule has 1 fully saturated rings. The molecule has 0 bridgehead atoms. The standard InChI is InChI=1S/C21H21BrN4O/c22-15-5-6-17-14(11-15)12-19(24-17)21(27)25-9-7-16(8-10-25)26-13-23-18-3-1-2-4-20(18)26/h1-6,11-12,16,23-24H,7-10,13H2. The van der Waals surface area contributed by atoms with Crippen molar-refractivity contribution in [1.82, 2.24) is 9.88 Å². The number of para-hydroxylation sites is 2. The first-order valence-corrected chi connectivity index (χ1v) is 10.2. The molecule has 1 saturated heterocycles. The van der Waals surface area contributed by atoms with Gasteiger partial charge in [0.2, 0.25) is 0 Å². The van der Waals surface area contributed by atoms with Gasteiger partial charge in [0.15, 0.2) is 0 Å². The van der Waals surface area contributed by atoms with Gasteiger partial charge >= 0.3 is 0 Å². The molecule has 3 heterocycles. The largest absolute Gasteiger partial charge is 0.366 e. The lowest BCUT2D eigenvalue weighted by molar-refractivity contribution is 0.0708. The molecular formula is C21H21BrN4O. The summed E-state index contributed by atoms with van der Waals surface area (Å²) in [7, 11) is 0. The fourth-order valence-electron chi connectivity index (χ4n) is 4.22. The molecule has 2 aliphatic rings. The molecule has 0 radical (unpaired) electrons. The van der Waals surface area contributed by atoms with Gasteiger partial charge in [-0.25, -0.2) is 0 Å². The smallest absolute Gasteiger partial charge is 0.270 e. The third kappa shape index (κ3) is 2.98. The second kappa shape index (κ2) is 6.60. The van der Waals surface area contributed by atoms with Crippen LogP contribution in [0.5, 0.6) is 0 Å². The number of hydrogen-bond donors (Lipinski definition) is 2. The number of H-pyrrole nitrogens is 1. The van der Waals surface area contributed by atoms with E-state index in [1.807, 2.05) is 29.2 Å². The number of aromatic amines is 1. The molecule has 6 heteroatoms. The number of carbonyl (C=O) groups excluding carboxylic acids is 1. The third-order valence-electron chi connectivity index (χ3n) is 5.66. The van der Waals surface area contributed by atoms with Gasteiger partial charge in [0, 0.05) is 34.5 Å². The van der Waals surface area contributed by atoms with E-state index in [2.05, 4.69) is 55.4 Å². The lowest BCUT2D eigenvalue weighted by atomic mass is 10.0. The van der Waals surface area contributed by atoms with E-state index < -0.39 is 0 Å². The second-order valence-electron chi connectivity index (χ2n) is 7.26. The maximum absolute atomic E-state index is 12.9. The number of anilines is 2. The Morgan fingerprint density at radius 2 is 1.89 bits per heavy atom. The number of nitrogens with zero attached hydrogens (tertiary/aromatic N) is 2. The Morgan fingerprint density at radius 3 is 2.74 bits per heavy atom. The number of rotatable bonds is 2. The monoisotopic (exact) mass is 424 g/mol. The minimum atomic E-state index is 0.0979. The Bertz CT molecular complexity index is 1010. The van der Waals surface area contributed by atoms with E-state index >= 15 is 0 Å². The van der Waals surface area contributed by atoms with Gasteiger partial charge in [-0.05, 0) is 49.2 Å². The van der Waals surface area contributed by atoms with Crippen molar-refractivity contribution in [3.05, 3.63) is 58.7 Å². The van der Waals surface area contributed by atoms with Crippen molar-refractivity contribution in [2.24, 2.45) is 0 Å². The van der Waals surface area contributed by atoms with Crippen molar-refractivity contribution >= 4 is 44.1 Å². The third-order valence-corrected chi connectivity index (χ3v) is 6.15. The molecule has 3 aromatic rings. The Hall–Kier alpha value is -2.47. The van der Waals surface area contributed by atoms with Crippen LogP contribution in [0.25, 0.3) is 10.9 Å². The van der Waals surface area contributed by atoms with Crippen LogP contribution in [0.3, 0.4) is 0 Å². The summed E-state index contributed by atoms with van der Waals surface area (Å²) in [6.45, 7) is 2.44. The van der Waals surface area contributed by atoms with E-state index in [0.717, 1.165) is 48.0 Å². The molecule has 0 unspecified atom stereocenters. The molecule has 0 spiro atoms. The summed E-state index contributed by atoms with van der Waals surface area (Å²) >= 11 is 3.49. The average molecular weight is 425 g/mol. The predicted octanol–water partition coefficient (Wildman–Crippen LogP) is 4.42. The molecule has 2 N–H and O–H groups in total. The Morgan fingerprint density at radius 1 is 1.07 bits per heavy atom. The number of benzene rings is 2. The Balaban J connectivity index is 1.28. The van der Waals surface area contributed by atoms with Gasteiger partial charge in [0.25, 0.3) is 5.91 Å². The van der Waals surface area contributed by atoms with E-state index in [-0.39, 0.29) is 5.91 Å². The lowest BCUT2D eigenvalue weighted by Gasteiger charge is -2.37. The molecule has 0 saturated carbocycles. The van der Waals surface area contributed by atoms with Crippen LogP contribution in [0.1, 0.15) is 23.3 Å². The SMILES string of the molecule is O=C(c1cc2cc(Br)ccc2[nH]1)N1CCC(N2CNc3ccccc32)CC1. The van der Waals surface area contributed by atoms with Crippen molar-refractivity contribution in [2.75, 3.05) is 30.0 Å². The fraction of sp³-hybridized carbons (Fsp3) is 0.286. The van der Waals surface area contributed by atoms with E-state index in [9.17, 15) is 4.79 Å². The molecule has 2 aromatic carbocycles. The Kier molecular flexibility index (Phi) is 4.08. The molecule has 0 aliphatic carbocycles. The first-order chi connectivity index (χ1) is 13.2. The highest BCUT2D eigenvalue weighted by molar-refractivity contribution is 9.10. The molecule has 5 rings (SSSR count). The summed E-state index contributed by atoms with van der Waals surface area (Å²) in [5, 5.41) is 4.52.